The maximum atomic E-state index is 4.34. The van der Waals surface area contributed by atoms with Gasteiger partial charge in [-0.1, -0.05) is 6.42 Å². The SMILES string of the molecule is CC1=NCCCCC1. The van der Waals surface area contributed by atoms with Gasteiger partial charge in [0.15, 0.2) is 0 Å². The van der Waals surface area contributed by atoms with Gasteiger partial charge >= 0.3 is 0 Å². The molecule has 0 unspecified atom stereocenters. The van der Waals surface area contributed by atoms with Gasteiger partial charge in [0.25, 0.3) is 0 Å². The standard InChI is InChI=1S/C7H13N/c1-7-5-3-2-4-6-8-7/h2-6H2,1H3. The van der Waals surface area contributed by atoms with Crippen molar-refractivity contribution in [3.63, 3.8) is 0 Å². The van der Waals surface area contributed by atoms with Gasteiger partial charge in [0.1, 0.15) is 0 Å². The van der Waals surface area contributed by atoms with Gasteiger partial charge in [-0.15, -0.1) is 0 Å². The molecule has 0 radical (unpaired) electrons. The molecular weight excluding hydrogens is 98.1 g/mol. The quantitative estimate of drug-likeness (QED) is 0.453. The Morgan fingerprint density at radius 2 is 2.12 bits per heavy atom. The summed E-state index contributed by atoms with van der Waals surface area (Å²) in [6, 6.07) is 0. The Morgan fingerprint density at radius 3 is 3.00 bits per heavy atom. The van der Waals surface area contributed by atoms with Gasteiger partial charge < -0.3 is 0 Å². The fourth-order valence-corrected chi connectivity index (χ4v) is 1.02. The molecular formula is C7H13N. The molecule has 0 saturated heterocycles. The first-order chi connectivity index (χ1) is 3.89. The smallest absolute Gasteiger partial charge is 0.0388 e. The number of aliphatic imine (C=N–C) groups is 1. The Bertz CT molecular complexity index is 94.6. The third-order valence-corrected chi connectivity index (χ3v) is 1.58. The fraction of sp³-hybridized carbons (Fsp3) is 0.857. The largest absolute Gasteiger partial charge is 0.294 e. The molecule has 1 rings (SSSR count). The Labute approximate surface area is 50.8 Å². The second-order valence-electron chi connectivity index (χ2n) is 2.43. The first kappa shape index (κ1) is 5.80. The number of rotatable bonds is 0. The summed E-state index contributed by atoms with van der Waals surface area (Å²) in [6.07, 6.45) is 5.27. The van der Waals surface area contributed by atoms with Crippen molar-refractivity contribution < 1.29 is 0 Å². The van der Waals surface area contributed by atoms with E-state index in [1.165, 1.54) is 31.4 Å². The van der Waals surface area contributed by atoms with Crippen LogP contribution in [-0.2, 0) is 0 Å². The molecule has 1 heteroatoms. The monoisotopic (exact) mass is 111 g/mol. The van der Waals surface area contributed by atoms with Gasteiger partial charge in [0, 0.05) is 12.3 Å². The van der Waals surface area contributed by atoms with E-state index >= 15 is 0 Å². The molecule has 0 fully saturated rings. The van der Waals surface area contributed by atoms with Crippen LogP contribution in [0, 0.1) is 0 Å². The summed E-state index contributed by atoms with van der Waals surface area (Å²) in [6.45, 7) is 3.21. The summed E-state index contributed by atoms with van der Waals surface area (Å²) in [4.78, 5) is 4.34. The highest BCUT2D eigenvalue weighted by Gasteiger charge is 1.96. The second kappa shape index (κ2) is 2.85. The van der Waals surface area contributed by atoms with Crippen LogP contribution < -0.4 is 0 Å². The molecule has 0 saturated carbocycles. The molecule has 1 aliphatic rings. The fourth-order valence-electron chi connectivity index (χ4n) is 1.02. The molecule has 0 aromatic rings. The van der Waals surface area contributed by atoms with Crippen molar-refractivity contribution >= 4 is 5.71 Å². The first-order valence-corrected chi connectivity index (χ1v) is 3.39. The summed E-state index contributed by atoms with van der Waals surface area (Å²) >= 11 is 0. The molecule has 0 bridgehead atoms. The summed E-state index contributed by atoms with van der Waals surface area (Å²) in [5.41, 5.74) is 1.35. The Hall–Kier alpha value is -0.330. The van der Waals surface area contributed by atoms with E-state index in [4.69, 9.17) is 0 Å². The Kier molecular flexibility index (Phi) is 2.07. The summed E-state index contributed by atoms with van der Waals surface area (Å²) in [7, 11) is 0. The van der Waals surface area contributed by atoms with Crippen LogP contribution in [0.1, 0.15) is 32.6 Å². The number of nitrogens with zero attached hydrogens (tertiary/aromatic N) is 1. The molecule has 0 aromatic heterocycles. The molecule has 0 atom stereocenters. The molecule has 0 N–H and O–H groups in total. The van der Waals surface area contributed by atoms with Crippen LogP contribution in [0.25, 0.3) is 0 Å². The number of hydrogen-bond acceptors (Lipinski definition) is 1. The van der Waals surface area contributed by atoms with Crippen LogP contribution in [-0.4, -0.2) is 12.3 Å². The second-order valence-corrected chi connectivity index (χ2v) is 2.43. The lowest BCUT2D eigenvalue weighted by Crippen LogP contribution is -1.87. The predicted octanol–water partition coefficient (Wildman–Crippen LogP) is 2.02. The van der Waals surface area contributed by atoms with Crippen molar-refractivity contribution in [2.24, 2.45) is 4.99 Å². The maximum Gasteiger partial charge on any atom is 0.0388 e. The van der Waals surface area contributed by atoms with Gasteiger partial charge in [-0.05, 0) is 26.2 Å². The predicted molar refractivity (Wildman–Crippen MR) is 36.4 cm³/mol. The Morgan fingerprint density at radius 1 is 1.25 bits per heavy atom. The lowest BCUT2D eigenvalue weighted by atomic mass is 10.2. The van der Waals surface area contributed by atoms with Crippen molar-refractivity contribution in [3.05, 3.63) is 0 Å². The highest BCUT2D eigenvalue weighted by molar-refractivity contribution is 5.81. The zero-order chi connectivity index (χ0) is 5.82. The first-order valence-electron chi connectivity index (χ1n) is 3.39. The average molecular weight is 111 g/mol. The van der Waals surface area contributed by atoms with E-state index in [2.05, 4.69) is 11.9 Å². The van der Waals surface area contributed by atoms with Gasteiger partial charge in [-0.2, -0.15) is 0 Å². The van der Waals surface area contributed by atoms with Crippen molar-refractivity contribution in [2.45, 2.75) is 32.6 Å². The molecule has 46 valence electrons. The molecule has 0 aliphatic carbocycles. The van der Waals surface area contributed by atoms with Gasteiger partial charge in [-0.25, -0.2) is 0 Å². The van der Waals surface area contributed by atoms with E-state index in [0.29, 0.717) is 0 Å². The van der Waals surface area contributed by atoms with E-state index in [1.807, 2.05) is 0 Å². The van der Waals surface area contributed by atoms with E-state index in [1.54, 1.807) is 0 Å². The highest BCUT2D eigenvalue weighted by Crippen LogP contribution is 2.06. The normalized spacial score (nSPS) is 21.9. The van der Waals surface area contributed by atoms with Crippen molar-refractivity contribution in [3.8, 4) is 0 Å². The molecule has 0 amide bonds. The third-order valence-electron chi connectivity index (χ3n) is 1.58. The van der Waals surface area contributed by atoms with Gasteiger partial charge in [-0.3, -0.25) is 4.99 Å². The van der Waals surface area contributed by atoms with Crippen LogP contribution in [0.3, 0.4) is 0 Å². The van der Waals surface area contributed by atoms with Crippen molar-refractivity contribution in [1.29, 1.82) is 0 Å². The van der Waals surface area contributed by atoms with Gasteiger partial charge in [0.05, 0.1) is 0 Å². The molecule has 8 heavy (non-hydrogen) atoms. The molecule has 0 aromatic carbocycles. The van der Waals surface area contributed by atoms with Crippen LogP contribution >= 0.6 is 0 Å². The van der Waals surface area contributed by atoms with Gasteiger partial charge in [0.2, 0.25) is 0 Å². The van der Waals surface area contributed by atoms with E-state index < -0.39 is 0 Å². The molecule has 1 aliphatic heterocycles. The number of hydrogen-bond donors (Lipinski definition) is 0. The third kappa shape index (κ3) is 1.65. The minimum absolute atomic E-state index is 1.08. The Balaban J connectivity index is 2.36. The summed E-state index contributed by atoms with van der Waals surface area (Å²) in [5, 5.41) is 0. The lowest BCUT2D eigenvalue weighted by Gasteiger charge is -1.89. The molecule has 1 heterocycles. The van der Waals surface area contributed by atoms with Crippen molar-refractivity contribution in [1.82, 2.24) is 0 Å². The van der Waals surface area contributed by atoms with Crippen molar-refractivity contribution in [2.75, 3.05) is 6.54 Å². The van der Waals surface area contributed by atoms with E-state index in [-0.39, 0.29) is 0 Å². The van der Waals surface area contributed by atoms with E-state index in [9.17, 15) is 0 Å². The topological polar surface area (TPSA) is 12.4 Å². The van der Waals surface area contributed by atoms with E-state index in [0.717, 1.165) is 6.54 Å². The van der Waals surface area contributed by atoms with Crippen LogP contribution in [0.15, 0.2) is 4.99 Å². The van der Waals surface area contributed by atoms with Crippen LogP contribution in [0.4, 0.5) is 0 Å². The van der Waals surface area contributed by atoms with Crippen LogP contribution in [0.5, 0.6) is 0 Å². The lowest BCUT2D eigenvalue weighted by molar-refractivity contribution is 0.731. The average Bonchev–Trinajstić information content (AvgIpc) is 1.94. The summed E-state index contributed by atoms with van der Waals surface area (Å²) < 4.78 is 0. The molecule has 0 spiro atoms. The van der Waals surface area contributed by atoms with Crippen LogP contribution in [0.2, 0.25) is 0 Å². The zero-order valence-electron chi connectivity index (χ0n) is 5.48. The zero-order valence-corrected chi connectivity index (χ0v) is 5.48. The minimum Gasteiger partial charge on any atom is -0.294 e. The molecule has 1 nitrogen and oxygen atoms in total. The maximum absolute atomic E-state index is 4.34. The highest BCUT2D eigenvalue weighted by atomic mass is 14.7. The minimum atomic E-state index is 1.08. The summed E-state index contributed by atoms with van der Waals surface area (Å²) in [5.74, 6) is 0.